The van der Waals surface area contributed by atoms with Crippen LogP contribution in [0.2, 0.25) is 0 Å². The summed E-state index contributed by atoms with van der Waals surface area (Å²) in [7, 11) is 0. The zero-order chi connectivity index (χ0) is 36.6. The average Bonchev–Trinajstić information content (AvgIpc) is 3.24. The summed E-state index contributed by atoms with van der Waals surface area (Å²) < 4.78 is 0. The van der Waals surface area contributed by atoms with Gasteiger partial charge in [-0.25, -0.2) is 15.0 Å². The highest BCUT2D eigenvalue weighted by Crippen LogP contribution is 2.51. The smallest absolute Gasteiger partial charge is 0.164 e. The molecule has 0 saturated heterocycles. The Morgan fingerprint density at radius 2 is 0.963 bits per heavy atom. The number of aromatic nitrogens is 3. The van der Waals surface area contributed by atoms with Crippen molar-refractivity contribution >= 4 is 11.8 Å². The van der Waals surface area contributed by atoms with Crippen LogP contribution in [-0.4, -0.2) is 15.0 Å². The first-order valence-electron chi connectivity index (χ1n) is 18.0. The molecule has 7 aromatic carbocycles. The Balaban J connectivity index is 1.10. The molecule has 0 radical (unpaired) electrons. The zero-order valence-electron chi connectivity index (χ0n) is 29.9. The summed E-state index contributed by atoms with van der Waals surface area (Å²) in [6.07, 6.45) is 0. The highest BCUT2D eigenvalue weighted by atomic mass is 32.2. The monoisotopic (exact) mass is 710 g/mol. The first-order chi connectivity index (χ1) is 26.5. The SMILES string of the molecule is CC1(C)c2cc(-c3cccc(-c4cccc(-c5nc(-c6ccccc6)nc(-c6ccccc6-c6ccccc6)n5)c4)c3)ccc2Sc2c(C#N)cccc21. The Morgan fingerprint density at radius 3 is 1.65 bits per heavy atom. The molecule has 1 aliphatic rings. The van der Waals surface area contributed by atoms with E-state index < -0.39 is 0 Å². The van der Waals surface area contributed by atoms with Crippen molar-refractivity contribution in [3.8, 4) is 73.6 Å². The van der Waals surface area contributed by atoms with Crippen LogP contribution in [0.4, 0.5) is 0 Å². The molecule has 0 spiro atoms. The number of fused-ring (bicyclic) bond motifs is 2. The van der Waals surface area contributed by atoms with Crippen LogP contribution < -0.4 is 0 Å². The summed E-state index contributed by atoms with van der Waals surface area (Å²) in [5.74, 6) is 1.88. The van der Waals surface area contributed by atoms with Crippen molar-refractivity contribution < 1.29 is 0 Å². The predicted molar refractivity (Wildman–Crippen MR) is 220 cm³/mol. The molecular formula is C49H34N4S. The van der Waals surface area contributed by atoms with Crippen LogP contribution in [0, 0.1) is 11.3 Å². The maximum absolute atomic E-state index is 9.80. The number of nitriles is 1. The standard InChI is InChI=1S/C49H34N4S/c1-49(2)42-25-13-22-39(31-50)45(42)54-44-27-26-37(30-43(44)49)35-19-11-18-34(28-35)36-20-12-21-38(29-36)47-51-46(33-16-7-4-8-17-33)52-48(53-47)41-24-10-9-23-40(41)32-14-5-3-6-15-32/h3-30H,1-2H3. The minimum absolute atomic E-state index is 0.242. The van der Waals surface area contributed by atoms with Crippen LogP contribution >= 0.6 is 11.8 Å². The maximum Gasteiger partial charge on any atom is 0.164 e. The van der Waals surface area contributed by atoms with Crippen molar-refractivity contribution in [2.24, 2.45) is 0 Å². The summed E-state index contributed by atoms with van der Waals surface area (Å²) in [5.41, 5.74) is 12.4. The van der Waals surface area contributed by atoms with E-state index in [2.05, 4.69) is 135 Å². The molecule has 5 heteroatoms. The molecule has 0 atom stereocenters. The summed E-state index contributed by atoms with van der Waals surface area (Å²) in [5, 5.41) is 9.80. The van der Waals surface area contributed by atoms with Crippen LogP contribution in [-0.2, 0) is 5.41 Å². The van der Waals surface area contributed by atoms with Gasteiger partial charge in [0.25, 0.3) is 0 Å². The Morgan fingerprint density at radius 1 is 0.444 bits per heavy atom. The molecule has 0 N–H and O–H groups in total. The van der Waals surface area contributed by atoms with Crippen molar-refractivity contribution in [2.45, 2.75) is 29.1 Å². The fraction of sp³-hybridized carbons (Fsp3) is 0.0612. The van der Waals surface area contributed by atoms with E-state index in [9.17, 15) is 5.26 Å². The van der Waals surface area contributed by atoms with Crippen LogP contribution in [0.25, 0.3) is 67.5 Å². The van der Waals surface area contributed by atoms with Crippen LogP contribution in [0.15, 0.2) is 180 Å². The minimum atomic E-state index is -0.242. The van der Waals surface area contributed by atoms with Gasteiger partial charge in [0.15, 0.2) is 17.5 Å². The van der Waals surface area contributed by atoms with Crippen molar-refractivity contribution in [3.63, 3.8) is 0 Å². The molecule has 256 valence electrons. The van der Waals surface area contributed by atoms with Gasteiger partial charge in [-0.1, -0.05) is 165 Å². The van der Waals surface area contributed by atoms with E-state index in [-0.39, 0.29) is 5.41 Å². The van der Waals surface area contributed by atoms with Crippen molar-refractivity contribution in [1.82, 2.24) is 15.0 Å². The number of hydrogen-bond acceptors (Lipinski definition) is 5. The lowest BCUT2D eigenvalue weighted by atomic mass is 9.76. The number of rotatable bonds is 6. The molecule has 0 aliphatic carbocycles. The topological polar surface area (TPSA) is 62.5 Å². The molecule has 0 saturated carbocycles. The van der Waals surface area contributed by atoms with Crippen molar-refractivity contribution in [1.29, 1.82) is 5.26 Å². The first-order valence-corrected chi connectivity index (χ1v) is 18.8. The predicted octanol–water partition coefficient (Wildman–Crippen LogP) is 12.5. The van der Waals surface area contributed by atoms with Crippen molar-refractivity contribution in [2.75, 3.05) is 0 Å². The van der Waals surface area contributed by atoms with Gasteiger partial charge in [-0.15, -0.1) is 0 Å². The van der Waals surface area contributed by atoms with Gasteiger partial charge in [-0.05, 0) is 74.8 Å². The third kappa shape index (κ3) is 6.07. The third-order valence-electron chi connectivity index (χ3n) is 10.2. The van der Waals surface area contributed by atoms with E-state index >= 15 is 0 Å². The molecule has 54 heavy (non-hydrogen) atoms. The molecule has 2 heterocycles. The van der Waals surface area contributed by atoms with Gasteiger partial charge in [0, 0.05) is 31.9 Å². The van der Waals surface area contributed by atoms with Crippen LogP contribution in [0.3, 0.4) is 0 Å². The van der Waals surface area contributed by atoms with E-state index in [0.717, 1.165) is 60.5 Å². The van der Waals surface area contributed by atoms with Gasteiger partial charge >= 0.3 is 0 Å². The third-order valence-corrected chi connectivity index (χ3v) is 11.5. The van der Waals surface area contributed by atoms with Crippen molar-refractivity contribution in [3.05, 3.63) is 187 Å². The lowest BCUT2D eigenvalue weighted by Crippen LogP contribution is -2.24. The molecule has 0 amide bonds. The molecule has 1 aliphatic heterocycles. The summed E-state index contributed by atoms with van der Waals surface area (Å²) in [4.78, 5) is 17.5. The fourth-order valence-corrected chi connectivity index (χ4v) is 8.81. The van der Waals surface area contributed by atoms with E-state index in [4.69, 9.17) is 15.0 Å². The molecule has 1 aromatic heterocycles. The zero-order valence-corrected chi connectivity index (χ0v) is 30.7. The highest BCUT2D eigenvalue weighted by Gasteiger charge is 2.34. The second-order valence-corrected chi connectivity index (χ2v) is 15.0. The van der Waals surface area contributed by atoms with E-state index in [1.54, 1.807) is 11.8 Å². The first kappa shape index (κ1) is 33.2. The average molecular weight is 711 g/mol. The van der Waals surface area contributed by atoms with E-state index in [1.807, 2.05) is 54.6 Å². The number of nitrogens with zero attached hydrogens (tertiary/aromatic N) is 4. The molecule has 9 rings (SSSR count). The summed E-state index contributed by atoms with van der Waals surface area (Å²) >= 11 is 1.70. The van der Waals surface area contributed by atoms with Gasteiger partial charge in [0.05, 0.1) is 5.56 Å². The lowest BCUT2D eigenvalue weighted by Gasteiger charge is -2.35. The number of hydrogen-bond donors (Lipinski definition) is 0. The highest BCUT2D eigenvalue weighted by molar-refractivity contribution is 7.99. The van der Waals surface area contributed by atoms with Crippen LogP contribution in [0.1, 0.15) is 30.5 Å². The Hall–Kier alpha value is -6.61. The maximum atomic E-state index is 9.80. The molecular weight excluding hydrogens is 677 g/mol. The van der Waals surface area contributed by atoms with E-state index in [1.165, 1.54) is 16.0 Å². The fourth-order valence-electron chi connectivity index (χ4n) is 7.37. The Bertz CT molecular complexity index is 2730. The Kier molecular flexibility index (Phi) is 8.46. The molecule has 0 fully saturated rings. The minimum Gasteiger partial charge on any atom is -0.208 e. The largest absolute Gasteiger partial charge is 0.208 e. The molecule has 4 nitrogen and oxygen atoms in total. The van der Waals surface area contributed by atoms with Gasteiger partial charge < -0.3 is 0 Å². The van der Waals surface area contributed by atoms with Gasteiger partial charge in [0.2, 0.25) is 0 Å². The second kappa shape index (κ2) is 13.7. The molecule has 8 aromatic rings. The number of benzene rings is 7. The normalized spacial score (nSPS) is 12.7. The molecule has 0 unspecified atom stereocenters. The van der Waals surface area contributed by atoms with Crippen LogP contribution in [0.5, 0.6) is 0 Å². The quantitative estimate of drug-likeness (QED) is 0.172. The van der Waals surface area contributed by atoms with E-state index in [0.29, 0.717) is 17.5 Å². The Labute approximate surface area is 319 Å². The molecule has 0 bridgehead atoms. The van der Waals surface area contributed by atoms with Gasteiger partial charge in [0.1, 0.15) is 6.07 Å². The van der Waals surface area contributed by atoms with Gasteiger partial charge in [-0.2, -0.15) is 5.26 Å². The lowest BCUT2D eigenvalue weighted by molar-refractivity contribution is 0.607. The second-order valence-electron chi connectivity index (χ2n) is 14.0. The van der Waals surface area contributed by atoms with Gasteiger partial charge in [-0.3, -0.25) is 0 Å². The summed E-state index contributed by atoms with van der Waals surface area (Å²) in [6.45, 7) is 4.51. The summed E-state index contributed by atoms with van der Waals surface area (Å²) in [6, 6.07) is 61.1.